The lowest BCUT2D eigenvalue weighted by Crippen LogP contribution is -2.49. The number of nitrogens with one attached hydrogen (secondary N) is 2. The average Bonchev–Trinajstić information content (AvgIpc) is 3.31. The zero-order valence-corrected chi connectivity index (χ0v) is 20.5. The molecule has 3 aromatic rings. The number of anilines is 1. The number of hydrogen-bond acceptors (Lipinski definition) is 4. The van der Waals surface area contributed by atoms with E-state index in [9.17, 15) is 14.4 Å². The highest BCUT2D eigenvalue weighted by molar-refractivity contribution is 6.25. The van der Waals surface area contributed by atoms with Crippen molar-refractivity contribution < 1.29 is 19.1 Å². The van der Waals surface area contributed by atoms with E-state index in [0.29, 0.717) is 42.4 Å². The number of methoxy groups -OCH3 is 1. The number of rotatable bonds is 6. The third-order valence-electron chi connectivity index (χ3n) is 7.16. The molecule has 0 aliphatic carbocycles. The van der Waals surface area contributed by atoms with Crippen molar-refractivity contribution in [2.45, 2.75) is 39.2 Å². The van der Waals surface area contributed by atoms with E-state index in [1.165, 1.54) is 4.90 Å². The van der Waals surface area contributed by atoms with Crippen LogP contribution in [0, 0.1) is 5.92 Å². The Morgan fingerprint density at radius 2 is 1.97 bits per heavy atom. The summed E-state index contributed by atoms with van der Waals surface area (Å²) >= 11 is 0. The number of urea groups is 1. The molecule has 0 bridgehead atoms. The number of nitrogens with zero attached hydrogens (tertiary/aromatic N) is 2. The number of amides is 4. The highest BCUT2D eigenvalue weighted by Crippen LogP contribution is 2.46. The maximum absolute atomic E-state index is 14.0. The summed E-state index contributed by atoms with van der Waals surface area (Å²) in [5.74, 6) is 0.521. The molecule has 2 N–H and O–H groups in total. The standard InChI is InChI=1S/C27H30N4O4/c1-16(2)11-13-28-24(32)19-7-5-6-8-22(19)31-25(33)27(3)23-18(12-14-30(27)26(31)34)20-15-17(35-4)9-10-21(20)29-23/h5-10,15-16,29H,11-14H2,1-4H3,(H,28,32)/t27-/m0/s1. The number of carbonyl (C=O) groups excluding carboxylic acids is 3. The number of carbonyl (C=O) groups is 3. The molecule has 1 saturated heterocycles. The summed E-state index contributed by atoms with van der Waals surface area (Å²) in [5, 5.41) is 3.91. The maximum atomic E-state index is 14.0. The molecule has 1 aromatic heterocycles. The molecule has 0 spiro atoms. The molecule has 3 heterocycles. The van der Waals surface area contributed by atoms with Crippen LogP contribution in [0.4, 0.5) is 10.5 Å². The van der Waals surface area contributed by atoms with E-state index in [0.717, 1.165) is 28.6 Å². The molecule has 0 saturated carbocycles. The monoisotopic (exact) mass is 474 g/mol. The fourth-order valence-electron chi connectivity index (χ4n) is 5.19. The molecule has 0 radical (unpaired) electrons. The van der Waals surface area contributed by atoms with Crippen molar-refractivity contribution in [1.29, 1.82) is 0 Å². The Kier molecular flexibility index (Phi) is 5.54. The van der Waals surface area contributed by atoms with Gasteiger partial charge in [-0.25, -0.2) is 9.69 Å². The molecule has 2 aliphatic heterocycles. The van der Waals surface area contributed by atoms with E-state index in [1.54, 1.807) is 43.2 Å². The van der Waals surface area contributed by atoms with Gasteiger partial charge in [-0.05, 0) is 61.6 Å². The minimum absolute atomic E-state index is 0.296. The molecular weight excluding hydrogens is 444 g/mol. The third kappa shape index (κ3) is 3.47. The van der Waals surface area contributed by atoms with E-state index in [1.807, 2.05) is 18.2 Å². The van der Waals surface area contributed by atoms with Crippen molar-refractivity contribution in [3.63, 3.8) is 0 Å². The highest BCUT2D eigenvalue weighted by atomic mass is 16.5. The summed E-state index contributed by atoms with van der Waals surface area (Å²) in [6.07, 6.45) is 1.46. The van der Waals surface area contributed by atoms with Crippen molar-refractivity contribution in [1.82, 2.24) is 15.2 Å². The lowest BCUT2D eigenvalue weighted by atomic mass is 9.87. The van der Waals surface area contributed by atoms with Crippen molar-refractivity contribution in [3.05, 3.63) is 59.3 Å². The van der Waals surface area contributed by atoms with Gasteiger partial charge in [-0.3, -0.25) is 9.59 Å². The molecule has 0 unspecified atom stereocenters. The minimum Gasteiger partial charge on any atom is -0.497 e. The van der Waals surface area contributed by atoms with Crippen LogP contribution in [0.25, 0.3) is 10.9 Å². The lowest BCUT2D eigenvalue weighted by molar-refractivity contribution is -0.125. The number of hydrogen-bond donors (Lipinski definition) is 2. The Morgan fingerprint density at radius 1 is 1.20 bits per heavy atom. The molecule has 8 heteroatoms. The topological polar surface area (TPSA) is 94.7 Å². The third-order valence-corrected chi connectivity index (χ3v) is 7.16. The molecule has 1 atom stereocenters. The second-order valence-corrected chi connectivity index (χ2v) is 9.74. The van der Waals surface area contributed by atoms with Crippen molar-refractivity contribution >= 4 is 34.4 Å². The number of ether oxygens (including phenoxy) is 1. The zero-order chi connectivity index (χ0) is 24.9. The summed E-state index contributed by atoms with van der Waals surface area (Å²) in [6.45, 7) is 6.89. The molecule has 1 fully saturated rings. The minimum atomic E-state index is -1.20. The number of benzene rings is 2. The summed E-state index contributed by atoms with van der Waals surface area (Å²) < 4.78 is 5.39. The largest absolute Gasteiger partial charge is 0.497 e. The lowest BCUT2D eigenvalue weighted by Gasteiger charge is -2.35. The number of H-pyrrole nitrogens is 1. The Balaban J connectivity index is 1.55. The molecule has 182 valence electrons. The Hall–Kier alpha value is -3.81. The van der Waals surface area contributed by atoms with E-state index in [4.69, 9.17) is 4.74 Å². The van der Waals surface area contributed by atoms with E-state index >= 15 is 0 Å². The van der Waals surface area contributed by atoms with Gasteiger partial charge >= 0.3 is 6.03 Å². The van der Waals surface area contributed by atoms with E-state index in [-0.39, 0.29) is 11.8 Å². The van der Waals surface area contributed by atoms with Gasteiger partial charge in [0.15, 0.2) is 5.54 Å². The number of aromatic nitrogens is 1. The van der Waals surface area contributed by atoms with Gasteiger partial charge in [0.25, 0.3) is 11.8 Å². The van der Waals surface area contributed by atoms with Crippen LogP contribution in [-0.4, -0.2) is 47.9 Å². The fourth-order valence-corrected chi connectivity index (χ4v) is 5.19. The molecule has 35 heavy (non-hydrogen) atoms. The second-order valence-electron chi connectivity index (χ2n) is 9.74. The number of para-hydroxylation sites is 1. The number of imide groups is 1. The molecule has 8 nitrogen and oxygen atoms in total. The van der Waals surface area contributed by atoms with Gasteiger partial charge in [-0.1, -0.05) is 26.0 Å². The predicted octanol–water partition coefficient (Wildman–Crippen LogP) is 4.19. The van der Waals surface area contributed by atoms with Crippen molar-refractivity contribution in [2.24, 2.45) is 5.92 Å². The summed E-state index contributed by atoms with van der Waals surface area (Å²) in [4.78, 5) is 46.8. The highest BCUT2D eigenvalue weighted by Gasteiger charge is 2.59. The Bertz CT molecular complexity index is 1340. The predicted molar refractivity (Wildman–Crippen MR) is 134 cm³/mol. The van der Waals surface area contributed by atoms with E-state index in [2.05, 4.69) is 24.1 Å². The van der Waals surface area contributed by atoms with Crippen LogP contribution < -0.4 is 15.0 Å². The quantitative estimate of drug-likeness (QED) is 0.524. The first kappa shape index (κ1) is 23.0. The maximum Gasteiger partial charge on any atom is 0.332 e. The van der Waals surface area contributed by atoms with Crippen LogP contribution in [0.5, 0.6) is 5.75 Å². The fraction of sp³-hybridized carbons (Fsp3) is 0.370. The van der Waals surface area contributed by atoms with Gasteiger partial charge in [-0.15, -0.1) is 0 Å². The van der Waals surface area contributed by atoms with Gasteiger partial charge in [0.05, 0.1) is 24.1 Å². The number of fused-ring (bicyclic) bond motifs is 5. The molecule has 2 aliphatic rings. The van der Waals surface area contributed by atoms with Crippen molar-refractivity contribution in [3.8, 4) is 5.75 Å². The molecule has 2 aromatic carbocycles. The van der Waals surface area contributed by atoms with Gasteiger partial charge in [0.2, 0.25) is 0 Å². The Morgan fingerprint density at radius 3 is 2.71 bits per heavy atom. The van der Waals surface area contributed by atoms with Gasteiger partial charge < -0.3 is 19.9 Å². The van der Waals surface area contributed by atoms with E-state index < -0.39 is 11.6 Å². The van der Waals surface area contributed by atoms with Gasteiger partial charge in [-0.2, -0.15) is 0 Å². The smallest absolute Gasteiger partial charge is 0.332 e. The van der Waals surface area contributed by atoms with Crippen LogP contribution in [0.15, 0.2) is 42.5 Å². The van der Waals surface area contributed by atoms with Crippen LogP contribution >= 0.6 is 0 Å². The second kappa shape index (κ2) is 8.45. The van der Waals surface area contributed by atoms with Crippen LogP contribution in [0.1, 0.15) is 48.8 Å². The number of aromatic amines is 1. The van der Waals surface area contributed by atoms with Gasteiger partial charge in [0.1, 0.15) is 5.75 Å². The normalized spacial score (nSPS) is 19.3. The summed E-state index contributed by atoms with van der Waals surface area (Å²) in [6, 6.07) is 12.1. The Labute approximate surface area is 204 Å². The summed E-state index contributed by atoms with van der Waals surface area (Å²) in [5.41, 5.74) is 2.04. The molecular formula is C27H30N4O4. The molecule has 4 amide bonds. The summed E-state index contributed by atoms with van der Waals surface area (Å²) in [7, 11) is 1.62. The SMILES string of the molecule is COc1ccc2[nH]c3c(c2c1)CCN1C(=O)N(c2ccccc2C(=O)NCCC(C)C)C(=O)[C@]31C. The molecule has 5 rings (SSSR count). The van der Waals surface area contributed by atoms with Crippen LogP contribution in [0.3, 0.4) is 0 Å². The average molecular weight is 475 g/mol. The first-order chi connectivity index (χ1) is 16.8. The van der Waals surface area contributed by atoms with Crippen LogP contribution in [-0.2, 0) is 16.8 Å². The first-order valence-corrected chi connectivity index (χ1v) is 12.0. The van der Waals surface area contributed by atoms with Gasteiger partial charge in [0, 0.05) is 24.0 Å². The van der Waals surface area contributed by atoms with Crippen molar-refractivity contribution in [2.75, 3.05) is 25.1 Å². The zero-order valence-electron chi connectivity index (χ0n) is 20.5. The first-order valence-electron chi connectivity index (χ1n) is 12.0. The van der Waals surface area contributed by atoms with Crippen LogP contribution in [0.2, 0.25) is 0 Å².